The Kier molecular flexibility index (Phi) is 52.0. The van der Waals surface area contributed by atoms with E-state index in [9.17, 15) is 67.6 Å². The molecule has 57 heteroatoms. The molecule has 0 aliphatic rings. The molecule has 150 heavy (non-hydrogen) atoms. The van der Waals surface area contributed by atoms with Crippen molar-refractivity contribution < 1.29 is 189 Å². The van der Waals surface area contributed by atoms with Crippen LogP contribution in [0.4, 0.5) is 15.0 Å². The summed E-state index contributed by atoms with van der Waals surface area (Å²) in [7, 11) is 0. The Balaban J connectivity index is 0.000000337. The Morgan fingerprint density at radius 2 is 0.487 bits per heavy atom. The number of thiophene rings is 3. The van der Waals surface area contributed by atoms with E-state index in [0.717, 1.165) is 32.2 Å². The maximum absolute atomic E-state index is 12.3. The molecule has 0 bridgehead atoms. The fraction of sp³-hybridized carbons (Fsp3) is 0.387. The summed E-state index contributed by atoms with van der Waals surface area (Å²) in [6.45, 7) is 14.7. The maximum Gasteiger partial charge on any atom is 1.00 e. The van der Waals surface area contributed by atoms with Crippen molar-refractivity contribution in [1.82, 2.24) is 103 Å². The van der Waals surface area contributed by atoms with Crippen molar-refractivity contribution in [2.24, 2.45) is 0 Å². The van der Waals surface area contributed by atoms with Crippen LogP contribution in [0.3, 0.4) is 0 Å². The van der Waals surface area contributed by atoms with Crippen LogP contribution in [0.25, 0.3) is 66.2 Å². The Bertz CT molecular complexity index is 6050. The van der Waals surface area contributed by atoms with E-state index in [0.29, 0.717) is 89.5 Å². The van der Waals surface area contributed by atoms with Gasteiger partial charge in [-0.1, -0.05) is 11.3 Å². The molecule has 11 N–H and O–H groups in total. The number of esters is 8. The Morgan fingerprint density at radius 3 is 0.640 bits per heavy atom. The number of nitro groups is 1. The molecule has 0 saturated heterocycles. The number of pyridine rings is 3. The minimum atomic E-state index is -1.17. The molecular formula is C93H117KN24O29S3. The molecule has 802 valence electrons. The summed E-state index contributed by atoms with van der Waals surface area (Å²) in [6.07, 6.45) is 10.0. The summed E-state index contributed by atoms with van der Waals surface area (Å²) in [5.74, 6) is -6.15. The number of aliphatic hydroxyl groups excluding tert-OH is 1. The molecule has 0 unspecified atom stereocenters. The van der Waals surface area contributed by atoms with E-state index >= 15 is 0 Å². The van der Waals surface area contributed by atoms with Gasteiger partial charge in [0, 0.05) is 104 Å². The number of nitrogens with zero attached hydrogens (tertiary/aromatic N) is 22. The second kappa shape index (κ2) is 63.5. The second-order valence-electron chi connectivity index (χ2n) is 31.2. The number of aliphatic carboxylic acids is 4. The normalized spacial score (nSPS) is 10.9. The topological polar surface area (TPSA) is 680 Å². The molecule has 0 radical (unpaired) electrons. The van der Waals surface area contributed by atoms with Crippen molar-refractivity contribution in [3.05, 3.63) is 191 Å². The molecule has 12 heterocycles. The van der Waals surface area contributed by atoms with E-state index < -0.39 is 103 Å². The summed E-state index contributed by atoms with van der Waals surface area (Å²) >= 11 is 3.76. The van der Waals surface area contributed by atoms with E-state index in [2.05, 4.69) is 25.4 Å². The molecule has 12 aromatic heterocycles. The van der Waals surface area contributed by atoms with Crippen LogP contribution in [-0.2, 0) is 135 Å². The number of carboxylic acids is 4. The molecule has 12 rings (SSSR count). The van der Waals surface area contributed by atoms with Crippen molar-refractivity contribution in [3.8, 4) is 66.2 Å². The number of carbonyl (C=O) groups excluding carboxylic acids is 8. The summed E-state index contributed by atoms with van der Waals surface area (Å²) in [6, 6.07) is 31.3. The van der Waals surface area contributed by atoms with E-state index in [4.69, 9.17) is 106 Å². The fourth-order valence-electron chi connectivity index (χ4n) is 13.9. The van der Waals surface area contributed by atoms with Crippen molar-refractivity contribution in [1.29, 1.82) is 0 Å². The number of carbonyl (C=O) groups is 12. The number of rotatable bonds is 54. The van der Waals surface area contributed by atoms with Crippen LogP contribution in [0.15, 0.2) is 146 Å². The molecule has 0 spiro atoms. The van der Waals surface area contributed by atoms with Gasteiger partial charge in [-0.05, 0) is 182 Å². The minimum absolute atomic E-state index is 0. The number of hydrogen-bond acceptors (Lipinski definition) is 45. The zero-order valence-electron chi connectivity index (χ0n) is 84.8. The monoisotopic (exact) mass is 2170 g/mol. The van der Waals surface area contributed by atoms with Gasteiger partial charge in [0.15, 0.2) is 34.9 Å². The number of anilines is 2. The van der Waals surface area contributed by atoms with E-state index in [1.165, 1.54) is 57.3 Å². The quantitative estimate of drug-likeness (QED) is 0.00658. The van der Waals surface area contributed by atoms with Crippen LogP contribution in [0.2, 0.25) is 0 Å². The van der Waals surface area contributed by atoms with Crippen molar-refractivity contribution >= 4 is 121 Å². The summed E-state index contributed by atoms with van der Waals surface area (Å²) in [5.41, 5.74) is 17.2. The van der Waals surface area contributed by atoms with Gasteiger partial charge in [-0.3, -0.25) is 108 Å². The second-order valence-corrected chi connectivity index (χ2v) is 34.5. The molecule has 0 aliphatic heterocycles. The average molecular weight is 2170 g/mol. The number of aliphatic hydroxyl groups is 1. The molecule has 12 aromatic rings. The molecule has 0 aliphatic carbocycles. The first-order chi connectivity index (χ1) is 71.5. The minimum Gasteiger partial charge on any atom is -1.00 e. The number of ether oxygens (including phenoxy) is 8. The van der Waals surface area contributed by atoms with Crippen molar-refractivity contribution in [3.63, 3.8) is 0 Å². The van der Waals surface area contributed by atoms with Gasteiger partial charge in [0.1, 0.15) is 0 Å². The predicted molar refractivity (Wildman–Crippen MR) is 535 cm³/mol. The Labute approximate surface area is 913 Å². The Morgan fingerprint density at radius 1 is 0.313 bits per heavy atom. The van der Waals surface area contributed by atoms with Gasteiger partial charge in [-0.15, -0.1) is 22.7 Å². The zero-order chi connectivity index (χ0) is 109. The van der Waals surface area contributed by atoms with Crippen LogP contribution >= 0.6 is 34.0 Å². The van der Waals surface area contributed by atoms with Gasteiger partial charge >= 0.3 is 128 Å². The first-order valence-electron chi connectivity index (χ1n) is 46.1. The summed E-state index contributed by atoms with van der Waals surface area (Å²) < 4.78 is 49.7. The fourth-order valence-corrected chi connectivity index (χ4v) is 16.3. The standard InChI is InChI=1S/C33H40N8O10S.C33H42N8O8S.C25H26N8O8S.C2H6O.K.H2O2.H/c1-5-48-30(42)19-37(20-31(43)49-6-2)17-24-11-13-39(35-24)27-15-23(26-9-10-29(52-26)41(46)47)16-28(34-27)40-14-12-25(36-40)18-38(21-32(44)50-7-3)22-33(45)51-8-4;1-5-46-30(42)19-38(20-31(43)47-6-2)17-24-11-13-40(36-24)28-15-23(26-9-10-27(34)50-26)16-29(35-28)41-14-12-25(37-41)18-39(21-32(44)48-7-3)22-33(45)49-8-4;26-19-2-1-18(42-19)15-7-20(32-5-3-16(28-32)9-30(11-22(34)35)12-23(36)37)27-21(8-15)33-6-4-17(29-33)10-31(13-24(38)39)14-25(40)41;1-2-3;;1-2;/h9-16H,5-8,17-22H2,1-4H3;9-16H,5-8,17-22,34H2,1-4H3;1-8H,9-14,26H2,(H,34,35)(H,36,37)(H,38,39)(H,40,41);3H,2H2,1H3;;1-2H;/q;;;;+1;;-1. The Hall–Kier alpha value is -14.3. The van der Waals surface area contributed by atoms with Crippen LogP contribution in [-0.4, -0.2) is 354 Å². The summed E-state index contributed by atoms with van der Waals surface area (Å²) in [4.78, 5) is 179. The zero-order valence-corrected chi connectivity index (χ0v) is 89.4. The molecule has 0 saturated carbocycles. The predicted octanol–water partition coefficient (Wildman–Crippen LogP) is 3.40. The molecule has 0 amide bonds. The van der Waals surface area contributed by atoms with E-state index in [1.807, 2.05) is 30.3 Å². The molecule has 0 atom stereocenters. The van der Waals surface area contributed by atoms with E-state index in [-0.39, 0.29) is 209 Å². The van der Waals surface area contributed by atoms with Gasteiger partial charge in [0.2, 0.25) is 0 Å². The van der Waals surface area contributed by atoms with Crippen molar-refractivity contribution in [2.45, 2.75) is 102 Å². The largest absolute Gasteiger partial charge is 1.00 e. The summed E-state index contributed by atoms with van der Waals surface area (Å²) in [5, 5.41) is 96.3. The molecular weight excluding hydrogens is 2050 g/mol. The number of nitrogen functional groups attached to an aromatic ring is 2. The van der Waals surface area contributed by atoms with Gasteiger partial charge < -0.3 is 76.3 Å². The third-order valence-electron chi connectivity index (χ3n) is 19.6. The van der Waals surface area contributed by atoms with Gasteiger partial charge in [0.25, 0.3) is 0 Å². The van der Waals surface area contributed by atoms with Crippen molar-refractivity contribution in [2.75, 3.05) is 149 Å². The third-order valence-corrected chi connectivity index (χ3v) is 22.6. The number of carboxylic acid groups (broad SMARTS) is 4. The number of aromatic nitrogens is 15. The SMILES string of the molecule is CCO.CCOC(=O)CN(CC(=O)OCC)Cc1ccn(-c2cc(-c3ccc(N)s3)cc(-n3ccc(CN(CC(=O)OCC)CC(=O)OCC)n3)n2)n1.CCOC(=O)CN(CC(=O)OCC)Cc1ccn(-c2cc(-c3ccc([N+](=O)[O-])s3)cc(-n3ccc(CN(CC(=O)OCC)CC(=O)OCC)n3)n2)n1.Nc1ccc(-c2cc(-n3ccc(CN(CC(=O)O)CC(=O)O)n3)nc(-n3ccc(CN(CC(=O)O)CC(=O)O)n3)c2)s1.OO.[H-].[K+]. The number of hydrogen-bond donors (Lipinski definition) is 9. The van der Waals surface area contributed by atoms with Gasteiger partial charge in [-0.2, -0.15) is 30.6 Å². The van der Waals surface area contributed by atoms with Crippen LogP contribution in [0, 0.1) is 10.1 Å². The van der Waals surface area contributed by atoms with Crippen LogP contribution in [0.1, 0.15) is 97.9 Å². The van der Waals surface area contributed by atoms with Crippen LogP contribution in [0.5, 0.6) is 0 Å². The first-order valence-corrected chi connectivity index (χ1v) is 48.5. The molecule has 0 aromatic carbocycles. The van der Waals surface area contributed by atoms with Gasteiger partial charge in [-0.25, -0.2) is 43.0 Å². The molecule has 53 nitrogen and oxygen atoms in total. The van der Waals surface area contributed by atoms with Crippen LogP contribution < -0.4 is 62.9 Å². The average Bonchev–Trinajstić information content (AvgIpc) is 1.00. The number of nitrogens with two attached hydrogens (primary N) is 2. The first kappa shape index (κ1) is 123. The van der Waals surface area contributed by atoms with Gasteiger partial charge in [0.05, 0.1) is 180 Å². The van der Waals surface area contributed by atoms with E-state index in [1.54, 1.807) is 201 Å². The smallest absolute Gasteiger partial charge is 1.00 e. The maximum atomic E-state index is 12.3. The third kappa shape index (κ3) is 41.3. The molecule has 0 fully saturated rings.